The Morgan fingerprint density at radius 3 is 2.81 bits per heavy atom. The quantitative estimate of drug-likeness (QED) is 0.806. The number of alkyl halides is 3. The predicted molar refractivity (Wildman–Crippen MR) is 68.5 cm³/mol. The number of rotatable bonds is 3. The Morgan fingerprint density at radius 1 is 1.62 bits per heavy atom. The molecule has 1 N–H and O–H groups in total. The number of aliphatic hydroxyl groups is 1. The monoisotopic (exact) mass is 301 g/mol. The first-order valence-electron chi connectivity index (χ1n) is 6.37. The number of hydrogen-bond acceptors (Lipinski definition) is 4. The molecule has 0 radical (unpaired) electrons. The molecule has 4 nitrogen and oxygen atoms in total. The van der Waals surface area contributed by atoms with Crippen LogP contribution in [-0.4, -0.2) is 42.0 Å². The second kappa shape index (κ2) is 5.19. The zero-order valence-electron chi connectivity index (χ0n) is 11.5. The molecule has 0 aromatic carbocycles. The number of ketones is 1. The highest BCUT2D eigenvalue weighted by atomic mass is 19.4. The van der Waals surface area contributed by atoms with Crippen LogP contribution in [0.25, 0.3) is 0 Å². The van der Waals surface area contributed by atoms with E-state index in [0.717, 1.165) is 6.21 Å². The van der Waals surface area contributed by atoms with Crippen LogP contribution in [0.15, 0.2) is 16.3 Å². The van der Waals surface area contributed by atoms with Gasteiger partial charge >= 0.3 is 6.18 Å². The number of carbonyl (C=O) groups excluding carboxylic acids is 1. The van der Waals surface area contributed by atoms with Crippen molar-refractivity contribution in [3.63, 3.8) is 0 Å². The summed E-state index contributed by atoms with van der Waals surface area (Å²) in [4.78, 5) is 16.3. The lowest BCUT2D eigenvalue weighted by Crippen LogP contribution is -2.30. The molecule has 3 atom stereocenters. The molecule has 0 aromatic rings. The SMILES string of the molecule is CC#CC12CC1N=CC(O[C@@H](C)CO)=C(C(F)(F)F)C2=O. The number of fused-ring (bicyclic) bond motifs is 1. The molecule has 2 rings (SSSR count). The fraction of sp³-hybridized carbons (Fsp3) is 0.571. The van der Waals surface area contributed by atoms with Gasteiger partial charge in [0.2, 0.25) is 0 Å². The molecule has 2 aliphatic rings. The van der Waals surface area contributed by atoms with E-state index in [2.05, 4.69) is 16.8 Å². The molecule has 21 heavy (non-hydrogen) atoms. The van der Waals surface area contributed by atoms with Crippen LogP contribution in [0.2, 0.25) is 0 Å². The minimum Gasteiger partial charge on any atom is -0.486 e. The Bertz CT molecular complexity index is 582. The molecule has 1 heterocycles. The summed E-state index contributed by atoms with van der Waals surface area (Å²) in [6, 6.07) is -0.569. The average Bonchev–Trinajstić information content (AvgIpc) is 3.09. The van der Waals surface area contributed by atoms with Crippen LogP contribution in [0.4, 0.5) is 13.2 Å². The van der Waals surface area contributed by atoms with Gasteiger partial charge in [-0.1, -0.05) is 5.92 Å². The first kappa shape index (κ1) is 15.6. The maximum absolute atomic E-state index is 13.2. The fourth-order valence-corrected chi connectivity index (χ4v) is 2.25. The summed E-state index contributed by atoms with van der Waals surface area (Å²) in [5, 5.41) is 8.91. The number of aliphatic imine (C=N–C) groups is 1. The van der Waals surface area contributed by atoms with Crippen LogP contribution in [0.3, 0.4) is 0 Å². The molecule has 1 aliphatic carbocycles. The Kier molecular flexibility index (Phi) is 3.85. The summed E-state index contributed by atoms with van der Waals surface area (Å²) in [7, 11) is 0. The molecule has 1 saturated carbocycles. The van der Waals surface area contributed by atoms with E-state index in [0.29, 0.717) is 0 Å². The Morgan fingerprint density at radius 2 is 2.29 bits per heavy atom. The van der Waals surface area contributed by atoms with E-state index < -0.39 is 47.5 Å². The smallest absolute Gasteiger partial charge is 0.423 e. The molecular weight excluding hydrogens is 287 g/mol. The number of ether oxygens (including phenoxy) is 1. The van der Waals surface area contributed by atoms with Crippen LogP contribution in [0.1, 0.15) is 20.3 Å². The van der Waals surface area contributed by atoms with Gasteiger partial charge in [0.05, 0.1) is 18.9 Å². The third-order valence-corrected chi connectivity index (χ3v) is 3.39. The molecule has 114 valence electrons. The predicted octanol–water partition coefficient (Wildman–Crippen LogP) is 1.64. The number of aliphatic hydroxyl groups excluding tert-OH is 1. The summed E-state index contributed by atoms with van der Waals surface area (Å²) in [6.45, 7) is 2.39. The maximum atomic E-state index is 13.2. The maximum Gasteiger partial charge on any atom is 0.423 e. The number of halogens is 3. The van der Waals surface area contributed by atoms with Crippen molar-refractivity contribution in [2.75, 3.05) is 6.61 Å². The first-order valence-corrected chi connectivity index (χ1v) is 6.37. The molecule has 0 saturated heterocycles. The molecular formula is C14H14F3NO3. The third kappa shape index (κ3) is 2.68. The van der Waals surface area contributed by atoms with E-state index in [4.69, 9.17) is 9.84 Å². The highest BCUT2D eigenvalue weighted by Gasteiger charge is 2.64. The van der Waals surface area contributed by atoms with Crippen LogP contribution in [-0.2, 0) is 9.53 Å². The van der Waals surface area contributed by atoms with Gasteiger partial charge in [-0.05, 0) is 20.3 Å². The van der Waals surface area contributed by atoms with Gasteiger partial charge in [-0.25, -0.2) is 0 Å². The molecule has 2 unspecified atom stereocenters. The number of carbonyl (C=O) groups is 1. The number of nitrogens with zero attached hydrogens (tertiary/aromatic N) is 1. The average molecular weight is 301 g/mol. The van der Waals surface area contributed by atoms with Gasteiger partial charge in [0.25, 0.3) is 0 Å². The number of hydrogen-bond donors (Lipinski definition) is 1. The number of Topliss-reactive ketones (excluding diaryl/α,β-unsaturated/α-hetero) is 1. The largest absolute Gasteiger partial charge is 0.486 e. The normalized spacial score (nSPS) is 29.2. The van der Waals surface area contributed by atoms with Crippen molar-refractivity contribution in [3.05, 3.63) is 11.3 Å². The lowest BCUT2D eigenvalue weighted by atomic mass is 9.93. The summed E-state index contributed by atoms with van der Waals surface area (Å²) >= 11 is 0. The van der Waals surface area contributed by atoms with Gasteiger partial charge in [-0.3, -0.25) is 9.79 Å². The topological polar surface area (TPSA) is 58.9 Å². The molecule has 0 amide bonds. The van der Waals surface area contributed by atoms with Crippen molar-refractivity contribution < 1.29 is 27.8 Å². The molecule has 0 bridgehead atoms. The molecule has 1 fully saturated rings. The van der Waals surface area contributed by atoms with Gasteiger partial charge < -0.3 is 9.84 Å². The van der Waals surface area contributed by atoms with Crippen LogP contribution in [0, 0.1) is 17.3 Å². The highest BCUT2D eigenvalue weighted by Crippen LogP contribution is 2.53. The highest BCUT2D eigenvalue weighted by molar-refractivity contribution is 6.10. The van der Waals surface area contributed by atoms with Gasteiger partial charge in [-0.15, -0.1) is 5.92 Å². The van der Waals surface area contributed by atoms with Crippen molar-refractivity contribution >= 4 is 12.0 Å². The minimum atomic E-state index is -4.87. The Labute approximate surface area is 119 Å². The van der Waals surface area contributed by atoms with E-state index in [-0.39, 0.29) is 6.42 Å². The van der Waals surface area contributed by atoms with Gasteiger partial charge in [0.15, 0.2) is 11.5 Å². The van der Waals surface area contributed by atoms with Gasteiger partial charge in [-0.2, -0.15) is 13.2 Å². The molecule has 7 heteroatoms. The fourth-order valence-electron chi connectivity index (χ4n) is 2.25. The standard InChI is InChI=1S/C14H14F3NO3/c1-3-4-13-5-10(13)18-6-9(21-8(2)7-19)11(12(13)20)14(15,16)17/h6,8,10,19H,5,7H2,1-2H3/t8-,10?,13?/m0/s1. The molecule has 1 aliphatic heterocycles. The van der Waals surface area contributed by atoms with Crippen molar-refractivity contribution in [2.24, 2.45) is 10.4 Å². The minimum absolute atomic E-state index is 0.186. The van der Waals surface area contributed by atoms with E-state index in [1.807, 2.05) is 0 Å². The first-order chi connectivity index (χ1) is 9.76. The lowest BCUT2D eigenvalue weighted by molar-refractivity contribution is -0.133. The summed E-state index contributed by atoms with van der Waals surface area (Å²) < 4.78 is 44.8. The second-order valence-corrected chi connectivity index (χ2v) is 5.02. The summed E-state index contributed by atoms with van der Waals surface area (Å²) in [5.41, 5.74) is -2.77. The van der Waals surface area contributed by atoms with Crippen molar-refractivity contribution in [1.29, 1.82) is 0 Å². The number of allylic oxidation sites excluding steroid dienone is 2. The van der Waals surface area contributed by atoms with E-state index >= 15 is 0 Å². The zero-order valence-corrected chi connectivity index (χ0v) is 11.5. The summed E-state index contributed by atoms with van der Waals surface area (Å²) in [5.74, 6) is 3.30. The summed E-state index contributed by atoms with van der Waals surface area (Å²) in [6.07, 6.45) is -4.64. The Balaban J connectivity index is 2.51. The van der Waals surface area contributed by atoms with Crippen LogP contribution >= 0.6 is 0 Å². The zero-order chi connectivity index (χ0) is 15.8. The molecule has 0 aromatic heterocycles. The van der Waals surface area contributed by atoms with Crippen molar-refractivity contribution in [2.45, 2.75) is 38.6 Å². The van der Waals surface area contributed by atoms with Crippen molar-refractivity contribution in [3.8, 4) is 11.8 Å². The van der Waals surface area contributed by atoms with Gasteiger partial charge in [0, 0.05) is 0 Å². The van der Waals surface area contributed by atoms with Crippen molar-refractivity contribution in [1.82, 2.24) is 0 Å². The van der Waals surface area contributed by atoms with E-state index in [9.17, 15) is 18.0 Å². The van der Waals surface area contributed by atoms with E-state index in [1.165, 1.54) is 13.8 Å². The molecule has 0 spiro atoms. The second-order valence-electron chi connectivity index (χ2n) is 5.02. The lowest BCUT2D eigenvalue weighted by Gasteiger charge is -2.18. The van der Waals surface area contributed by atoms with Crippen LogP contribution < -0.4 is 0 Å². The Hall–Kier alpha value is -1.81. The van der Waals surface area contributed by atoms with Gasteiger partial charge in [0.1, 0.15) is 17.1 Å². The third-order valence-electron chi connectivity index (χ3n) is 3.39. The van der Waals surface area contributed by atoms with E-state index in [1.54, 1.807) is 0 Å². The van der Waals surface area contributed by atoms with Crippen LogP contribution in [0.5, 0.6) is 0 Å².